The van der Waals surface area contributed by atoms with Crippen LogP contribution in [0.5, 0.6) is 0 Å². The van der Waals surface area contributed by atoms with Gasteiger partial charge in [-0.15, -0.1) is 0 Å². The Morgan fingerprint density at radius 2 is 1.34 bits per heavy atom. The molecule has 2 heterocycles. The van der Waals surface area contributed by atoms with Crippen LogP contribution in [-0.4, -0.2) is 48.4 Å². The highest BCUT2D eigenvalue weighted by Gasteiger charge is 2.43. The topological polar surface area (TPSA) is 23.6 Å². The van der Waals surface area contributed by atoms with Crippen molar-refractivity contribution in [1.82, 2.24) is 9.80 Å². The molecule has 2 aliphatic heterocycles. The van der Waals surface area contributed by atoms with E-state index in [0.717, 1.165) is 64.8 Å². The minimum Gasteiger partial charge on any atom is -0.338 e. The molecule has 2 aromatic carbocycles. The quantitative estimate of drug-likeness (QED) is 0.687. The van der Waals surface area contributed by atoms with Crippen molar-refractivity contribution in [1.29, 1.82) is 0 Å². The van der Waals surface area contributed by atoms with E-state index in [-0.39, 0.29) is 5.41 Å². The predicted octanol–water partition coefficient (Wildman–Crippen LogP) is 4.34. The van der Waals surface area contributed by atoms with E-state index in [9.17, 15) is 4.79 Å². The molecule has 1 saturated heterocycles. The number of amides is 1. The fourth-order valence-corrected chi connectivity index (χ4v) is 4.67. The van der Waals surface area contributed by atoms with Crippen molar-refractivity contribution in [2.75, 3.05) is 32.7 Å². The average molecular weight is 389 g/mol. The number of allylic oxidation sites excluding steroid dienone is 1. The van der Waals surface area contributed by atoms with E-state index >= 15 is 0 Å². The Morgan fingerprint density at radius 3 is 1.97 bits per heavy atom. The summed E-state index contributed by atoms with van der Waals surface area (Å²) in [7, 11) is 0. The van der Waals surface area contributed by atoms with Gasteiger partial charge >= 0.3 is 0 Å². The van der Waals surface area contributed by atoms with Gasteiger partial charge < -0.3 is 9.80 Å². The van der Waals surface area contributed by atoms with Gasteiger partial charge in [-0.25, -0.2) is 0 Å². The van der Waals surface area contributed by atoms with Crippen molar-refractivity contribution in [3.63, 3.8) is 0 Å². The zero-order chi connectivity index (χ0) is 19.9. The van der Waals surface area contributed by atoms with Crippen LogP contribution in [0.15, 0.2) is 72.8 Å². The lowest BCUT2D eigenvalue weighted by Gasteiger charge is -2.42. The molecule has 1 amide bonds. The largest absolute Gasteiger partial charge is 0.338 e. The lowest BCUT2D eigenvalue weighted by Crippen LogP contribution is -2.50. The van der Waals surface area contributed by atoms with E-state index in [4.69, 9.17) is 0 Å². The molecular weight excluding hydrogens is 356 g/mol. The van der Waals surface area contributed by atoms with Crippen molar-refractivity contribution >= 4 is 5.91 Å². The summed E-state index contributed by atoms with van der Waals surface area (Å²) in [5.41, 5.74) is 2.51. The molecular formula is C26H32N2O. The SMILES string of the molecule is O=C1N(CCc2ccccc2)CC=CCC12CCN(CCc1ccccc1)CC2. The first-order chi connectivity index (χ1) is 14.3. The maximum Gasteiger partial charge on any atom is 0.229 e. The van der Waals surface area contributed by atoms with E-state index in [1.807, 2.05) is 6.07 Å². The third-order valence-corrected chi connectivity index (χ3v) is 6.63. The molecule has 0 bridgehead atoms. The lowest BCUT2D eigenvalue weighted by molar-refractivity contribution is -0.144. The zero-order valence-corrected chi connectivity index (χ0v) is 17.3. The number of piperidine rings is 1. The van der Waals surface area contributed by atoms with Crippen LogP contribution < -0.4 is 0 Å². The summed E-state index contributed by atoms with van der Waals surface area (Å²) in [5, 5.41) is 0. The molecule has 3 heteroatoms. The van der Waals surface area contributed by atoms with Gasteiger partial charge in [-0.2, -0.15) is 0 Å². The van der Waals surface area contributed by atoms with E-state index in [0.29, 0.717) is 5.91 Å². The highest BCUT2D eigenvalue weighted by atomic mass is 16.2. The standard InChI is InChI=1S/C26H32N2O/c29-25-26(15-7-8-18-28(25)20-14-24-11-5-2-6-12-24)16-21-27(22-17-26)19-13-23-9-3-1-4-10-23/h1-12H,13-22H2. The monoisotopic (exact) mass is 388 g/mol. The zero-order valence-electron chi connectivity index (χ0n) is 17.3. The van der Waals surface area contributed by atoms with Gasteiger partial charge in [-0.05, 0) is 56.3 Å². The number of carbonyl (C=O) groups is 1. The van der Waals surface area contributed by atoms with Crippen LogP contribution in [0, 0.1) is 5.41 Å². The first-order valence-corrected chi connectivity index (χ1v) is 11.0. The number of nitrogens with zero attached hydrogens (tertiary/aromatic N) is 2. The smallest absolute Gasteiger partial charge is 0.229 e. The summed E-state index contributed by atoms with van der Waals surface area (Å²) < 4.78 is 0. The molecule has 152 valence electrons. The molecule has 2 aliphatic rings. The summed E-state index contributed by atoms with van der Waals surface area (Å²) >= 11 is 0. The molecule has 1 spiro atoms. The van der Waals surface area contributed by atoms with Gasteiger partial charge in [0.05, 0.1) is 5.41 Å². The molecule has 3 nitrogen and oxygen atoms in total. The maximum atomic E-state index is 13.5. The fraction of sp³-hybridized carbons (Fsp3) is 0.423. The molecule has 0 N–H and O–H groups in total. The van der Waals surface area contributed by atoms with Crippen LogP contribution >= 0.6 is 0 Å². The van der Waals surface area contributed by atoms with Crippen molar-refractivity contribution < 1.29 is 4.79 Å². The third kappa shape index (κ3) is 4.97. The Kier molecular flexibility index (Phi) is 6.46. The van der Waals surface area contributed by atoms with E-state index in [1.165, 1.54) is 11.1 Å². The van der Waals surface area contributed by atoms with E-state index in [2.05, 4.69) is 76.5 Å². The van der Waals surface area contributed by atoms with Crippen molar-refractivity contribution in [3.8, 4) is 0 Å². The molecule has 0 aliphatic carbocycles. The molecule has 0 unspecified atom stereocenters. The van der Waals surface area contributed by atoms with Crippen LogP contribution in [0.1, 0.15) is 30.4 Å². The number of hydrogen-bond donors (Lipinski definition) is 0. The Bertz CT molecular complexity index is 807. The van der Waals surface area contributed by atoms with Crippen molar-refractivity contribution in [2.24, 2.45) is 5.41 Å². The summed E-state index contributed by atoms with van der Waals surface area (Å²) in [5.74, 6) is 0.376. The first kappa shape index (κ1) is 19.9. The Labute approximate surface area is 175 Å². The highest BCUT2D eigenvalue weighted by molar-refractivity contribution is 5.83. The van der Waals surface area contributed by atoms with Crippen molar-refractivity contribution in [2.45, 2.75) is 32.1 Å². The normalized spacial score (nSPS) is 19.4. The van der Waals surface area contributed by atoms with Crippen LogP contribution in [0.2, 0.25) is 0 Å². The van der Waals surface area contributed by atoms with Crippen LogP contribution in [0.4, 0.5) is 0 Å². The molecule has 0 radical (unpaired) electrons. The van der Waals surface area contributed by atoms with E-state index in [1.54, 1.807) is 0 Å². The van der Waals surface area contributed by atoms with Gasteiger partial charge in [-0.3, -0.25) is 4.79 Å². The first-order valence-electron chi connectivity index (χ1n) is 11.0. The molecule has 0 atom stereocenters. The second-order valence-electron chi connectivity index (χ2n) is 8.52. The average Bonchev–Trinajstić information content (AvgIpc) is 2.93. The van der Waals surface area contributed by atoms with Gasteiger partial charge in [0.15, 0.2) is 0 Å². The summed E-state index contributed by atoms with van der Waals surface area (Å²) in [6, 6.07) is 21.2. The highest BCUT2D eigenvalue weighted by Crippen LogP contribution is 2.38. The number of likely N-dealkylation sites (tertiary alicyclic amines) is 1. The molecule has 1 fully saturated rings. The summed E-state index contributed by atoms with van der Waals surface area (Å²) in [6.07, 6.45) is 9.32. The number of hydrogen-bond acceptors (Lipinski definition) is 2. The number of carbonyl (C=O) groups excluding carboxylic acids is 1. The van der Waals surface area contributed by atoms with Crippen molar-refractivity contribution in [3.05, 3.63) is 83.9 Å². The minimum atomic E-state index is -0.188. The minimum absolute atomic E-state index is 0.188. The lowest BCUT2D eigenvalue weighted by atomic mass is 9.74. The van der Waals surface area contributed by atoms with Gasteiger partial charge in [-0.1, -0.05) is 72.8 Å². The molecule has 2 aromatic rings. The Balaban J connectivity index is 1.33. The van der Waals surface area contributed by atoms with Crippen LogP contribution in [-0.2, 0) is 17.6 Å². The molecule has 0 saturated carbocycles. The van der Waals surface area contributed by atoms with E-state index < -0.39 is 0 Å². The fourth-order valence-electron chi connectivity index (χ4n) is 4.67. The van der Waals surface area contributed by atoms with Gasteiger partial charge in [0.1, 0.15) is 0 Å². The molecule has 4 rings (SSSR count). The van der Waals surface area contributed by atoms with Gasteiger partial charge in [0, 0.05) is 19.6 Å². The molecule has 29 heavy (non-hydrogen) atoms. The third-order valence-electron chi connectivity index (χ3n) is 6.63. The Morgan fingerprint density at radius 1 is 0.759 bits per heavy atom. The van der Waals surface area contributed by atoms with Gasteiger partial charge in [0.25, 0.3) is 0 Å². The van der Waals surface area contributed by atoms with Gasteiger partial charge in [0.2, 0.25) is 5.91 Å². The number of benzene rings is 2. The Hall–Kier alpha value is -2.39. The van der Waals surface area contributed by atoms with Crippen LogP contribution in [0.3, 0.4) is 0 Å². The second-order valence-corrected chi connectivity index (χ2v) is 8.52. The van der Waals surface area contributed by atoms with Crippen LogP contribution in [0.25, 0.3) is 0 Å². The summed E-state index contributed by atoms with van der Waals surface area (Å²) in [6.45, 7) is 4.71. The molecule has 0 aromatic heterocycles. The maximum absolute atomic E-state index is 13.5. The summed E-state index contributed by atoms with van der Waals surface area (Å²) in [4.78, 5) is 18.1. The number of rotatable bonds is 6. The predicted molar refractivity (Wildman–Crippen MR) is 119 cm³/mol. The second kappa shape index (κ2) is 9.41.